The van der Waals surface area contributed by atoms with Crippen molar-refractivity contribution in [3.05, 3.63) is 58.1 Å². The molecule has 0 aromatic heterocycles. The van der Waals surface area contributed by atoms with E-state index in [0.29, 0.717) is 21.8 Å². The summed E-state index contributed by atoms with van der Waals surface area (Å²) < 4.78 is 0. The highest BCUT2D eigenvalue weighted by atomic mass is 32.2. The molecule has 2 aliphatic rings. The zero-order valence-electron chi connectivity index (χ0n) is 17.1. The zero-order valence-corrected chi connectivity index (χ0v) is 19.5. The molecule has 0 bridgehead atoms. The highest BCUT2D eigenvalue weighted by Gasteiger charge is 2.54. The van der Waals surface area contributed by atoms with Gasteiger partial charge < -0.3 is 10.4 Å². The highest BCUT2D eigenvalue weighted by molar-refractivity contribution is 8.14. The molecule has 1 aromatic carbocycles. The second-order valence-corrected chi connectivity index (χ2v) is 9.80. The molecule has 1 saturated heterocycles. The lowest BCUT2D eigenvalue weighted by atomic mass is 10.0. The molecule has 10 heteroatoms. The van der Waals surface area contributed by atoms with E-state index in [1.807, 2.05) is 6.07 Å². The van der Waals surface area contributed by atoms with E-state index in [-0.39, 0.29) is 28.9 Å². The summed E-state index contributed by atoms with van der Waals surface area (Å²) in [5.74, 6) is 0.844. The minimum atomic E-state index is -1.22. The molecule has 166 valence electrons. The van der Waals surface area contributed by atoms with Crippen molar-refractivity contribution in [3.63, 3.8) is 0 Å². The normalized spacial score (nSPS) is 20.2. The molecule has 2 amide bonds. The average molecular weight is 489 g/mol. The van der Waals surface area contributed by atoms with Crippen LogP contribution in [0.4, 0.5) is 0 Å². The van der Waals surface area contributed by atoms with Crippen LogP contribution < -0.4 is 5.32 Å². The Kier molecular flexibility index (Phi) is 8.12. The van der Waals surface area contributed by atoms with Gasteiger partial charge in [0.15, 0.2) is 0 Å². The first kappa shape index (κ1) is 24.0. The van der Waals surface area contributed by atoms with E-state index in [0.717, 1.165) is 11.8 Å². The van der Waals surface area contributed by atoms with Crippen molar-refractivity contribution >= 4 is 58.2 Å². The van der Waals surface area contributed by atoms with Crippen molar-refractivity contribution < 1.29 is 24.3 Å². The fourth-order valence-electron chi connectivity index (χ4n) is 3.26. The molecule has 2 heterocycles. The van der Waals surface area contributed by atoms with Gasteiger partial charge >= 0.3 is 5.97 Å². The van der Waals surface area contributed by atoms with Gasteiger partial charge in [-0.15, -0.1) is 29.9 Å². The van der Waals surface area contributed by atoms with Gasteiger partial charge in [0.25, 0.3) is 5.91 Å². The van der Waals surface area contributed by atoms with Gasteiger partial charge in [0.2, 0.25) is 11.0 Å². The second-order valence-electron chi connectivity index (χ2n) is 6.81. The van der Waals surface area contributed by atoms with Crippen LogP contribution >= 0.6 is 35.3 Å². The standard InChI is InChI=1S/C22H20N2O5S3/c1-3-7-15(30-2)10-16(25)23-17-19(26)24-18(21(27)28)14(11-31-20(17)24)12-32-22(29)13-8-5-4-6-9-13/h1,4-9,17,20H,10-12H2,2H3,(H,23,25)(H,27,28). The van der Waals surface area contributed by atoms with Crippen LogP contribution in [-0.2, 0) is 14.4 Å². The number of β-lactam (4-membered cyclic amide) rings is 1. The first-order valence-corrected chi connectivity index (χ1v) is 12.7. The molecule has 0 aliphatic carbocycles. The number of hydrogen-bond acceptors (Lipinski definition) is 7. The number of carboxylic acids is 1. The van der Waals surface area contributed by atoms with Crippen molar-refractivity contribution in [3.8, 4) is 12.3 Å². The van der Waals surface area contributed by atoms with Crippen molar-refractivity contribution in [1.29, 1.82) is 0 Å². The number of hydrogen-bond donors (Lipinski definition) is 2. The van der Waals surface area contributed by atoms with Crippen molar-refractivity contribution in [2.45, 2.75) is 17.8 Å². The number of carbonyl (C=O) groups excluding carboxylic acids is 3. The number of allylic oxidation sites excluding steroid dienone is 1. The summed E-state index contributed by atoms with van der Waals surface area (Å²) in [6.45, 7) is 0. The Morgan fingerprint density at radius 2 is 2.06 bits per heavy atom. The van der Waals surface area contributed by atoms with Gasteiger partial charge in [-0.05, 0) is 17.9 Å². The van der Waals surface area contributed by atoms with Crippen LogP contribution in [0, 0.1) is 12.3 Å². The Bertz CT molecular complexity index is 1050. The first-order valence-electron chi connectivity index (χ1n) is 9.48. The number of nitrogens with zero attached hydrogens (tertiary/aromatic N) is 1. The monoisotopic (exact) mass is 488 g/mol. The predicted octanol–water partition coefficient (Wildman–Crippen LogP) is 2.57. The smallest absolute Gasteiger partial charge is 0.352 e. The van der Waals surface area contributed by atoms with Crippen LogP contribution in [0.15, 0.2) is 52.6 Å². The van der Waals surface area contributed by atoms with E-state index in [1.54, 1.807) is 30.5 Å². The second kappa shape index (κ2) is 10.8. The number of rotatable bonds is 8. The molecule has 1 fully saturated rings. The molecular weight excluding hydrogens is 468 g/mol. The SMILES string of the molecule is C#CC=C(CC(=O)NC1C(=O)N2C(C(=O)O)=C(CSC(=O)c3ccccc3)CSC12)SC. The van der Waals surface area contributed by atoms with Crippen LogP contribution in [0.1, 0.15) is 16.8 Å². The summed E-state index contributed by atoms with van der Waals surface area (Å²) in [7, 11) is 0. The van der Waals surface area contributed by atoms with E-state index in [1.165, 1.54) is 34.5 Å². The van der Waals surface area contributed by atoms with Gasteiger partial charge in [0, 0.05) is 22.0 Å². The largest absolute Gasteiger partial charge is 0.477 e. The topological polar surface area (TPSA) is 104 Å². The highest BCUT2D eigenvalue weighted by Crippen LogP contribution is 2.41. The molecule has 7 nitrogen and oxygen atoms in total. The molecule has 32 heavy (non-hydrogen) atoms. The van der Waals surface area contributed by atoms with Crippen LogP contribution in [0.3, 0.4) is 0 Å². The maximum atomic E-state index is 12.7. The summed E-state index contributed by atoms with van der Waals surface area (Å²) in [5.41, 5.74) is 0.935. The number of amides is 2. The number of nitrogens with one attached hydrogen (secondary N) is 1. The third kappa shape index (κ3) is 5.23. The quantitative estimate of drug-likeness (QED) is 0.425. The fourth-order valence-corrected chi connectivity index (χ4v) is 6.05. The van der Waals surface area contributed by atoms with Crippen molar-refractivity contribution in [1.82, 2.24) is 10.2 Å². The predicted molar refractivity (Wildman–Crippen MR) is 128 cm³/mol. The van der Waals surface area contributed by atoms with Gasteiger partial charge in [0.05, 0.1) is 6.42 Å². The molecular formula is C22H20N2O5S3. The number of carboxylic acid groups (broad SMARTS) is 1. The Balaban J connectivity index is 1.68. The number of terminal acetylenes is 1. The van der Waals surface area contributed by atoms with Gasteiger partial charge in [-0.3, -0.25) is 19.3 Å². The minimum Gasteiger partial charge on any atom is -0.477 e. The molecule has 2 unspecified atom stereocenters. The number of fused-ring (bicyclic) bond motifs is 1. The molecule has 0 spiro atoms. The molecule has 2 N–H and O–H groups in total. The van der Waals surface area contributed by atoms with Gasteiger partial charge in [0.1, 0.15) is 17.1 Å². The van der Waals surface area contributed by atoms with Crippen LogP contribution in [0.5, 0.6) is 0 Å². The molecule has 0 saturated carbocycles. The molecule has 1 aromatic rings. The van der Waals surface area contributed by atoms with E-state index < -0.39 is 23.3 Å². The number of carbonyl (C=O) groups is 4. The summed E-state index contributed by atoms with van der Waals surface area (Å²) in [6, 6.07) is 7.92. The lowest BCUT2D eigenvalue weighted by molar-refractivity contribution is -0.150. The fraction of sp³-hybridized carbons (Fsp3) is 0.273. The van der Waals surface area contributed by atoms with E-state index in [2.05, 4.69) is 11.2 Å². The van der Waals surface area contributed by atoms with E-state index in [9.17, 15) is 24.3 Å². The third-order valence-electron chi connectivity index (χ3n) is 4.79. The van der Waals surface area contributed by atoms with Gasteiger partial charge in [-0.1, -0.05) is 48.0 Å². The summed E-state index contributed by atoms with van der Waals surface area (Å²) in [4.78, 5) is 51.2. The number of benzene rings is 1. The first-order chi connectivity index (χ1) is 15.4. The maximum Gasteiger partial charge on any atom is 0.352 e. The maximum absolute atomic E-state index is 12.7. The molecule has 2 atom stereocenters. The van der Waals surface area contributed by atoms with Gasteiger partial charge in [-0.25, -0.2) is 4.79 Å². The Morgan fingerprint density at radius 1 is 1.34 bits per heavy atom. The minimum absolute atomic E-state index is 0.0532. The lowest BCUT2D eigenvalue weighted by Crippen LogP contribution is -2.70. The van der Waals surface area contributed by atoms with Gasteiger partial charge in [-0.2, -0.15) is 0 Å². The van der Waals surface area contributed by atoms with Crippen molar-refractivity contribution in [2.24, 2.45) is 0 Å². The summed E-state index contributed by atoms with van der Waals surface area (Å²) >= 11 is 3.73. The summed E-state index contributed by atoms with van der Waals surface area (Å²) in [5, 5.41) is 11.8. The Morgan fingerprint density at radius 3 is 2.69 bits per heavy atom. The zero-order chi connectivity index (χ0) is 23.3. The van der Waals surface area contributed by atoms with Crippen LogP contribution in [0.25, 0.3) is 0 Å². The van der Waals surface area contributed by atoms with Crippen LogP contribution in [0.2, 0.25) is 0 Å². The molecule has 0 radical (unpaired) electrons. The van der Waals surface area contributed by atoms with E-state index >= 15 is 0 Å². The third-order valence-corrected chi connectivity index (χ3v) is 7.91. The lowest BCUT2D eigenvalue weighted by Gasteiger charge is -2.49. The van der Waals surface area contributed by atoms with Crippen molar-refractivity contribution in [2.75, 3.05) is 17.8 Å². The molecule has 2 aliphatic heterocycles. The summed E-state index contributed by atoms with van der Waals surface area (Å²) in [6.07, 6.45) is 8.60. The molecule has 3 rings (SSSR count). The average Bonchev–Trinajstić information content (AvgIpc) is 2.80. The number of thioether (sulfide) groups is 3. The Labute approximate surface area is 198 Å². The number of aliphatic carboxylic acids is 1. The Hall–Kier alpha value is -2.61. The van der Waals surface area contributed by atoms with E-state index in [4.69, 9.17) is 6.42 Å². The van der Waals surface area contributed by atoms with Crippen LogP contribution in [-0.4, -0.2) is 62.1 Å².